The lowest BCUT2D eigenvalue weighted by molar-refractivity contribution is -0.128. The van der Waals surface area contributed by atoms with Crippen LogP contribution in [0.3, 0.4) is 0 Å². The number of nitrogens with zero attached hydrogens (tertiary/aromatic N) is 3. The first-order valence-electron chi connectivity index (χ1n) is 7.62. The van der Waals surface area contributed by atoms with E-state index in [9.17, 15) is 4.79 Å². The summed E-state index contributed by atoms with van der Waals surface area (Å²) < 4.78 is 0.863. The average molecular weight is 333 g/mol. The summed E-state index contributed by atoms with van der Waals surface area (Å²) in [5.74, 6) is 0.687. The molecule has 1 aliphatic rings. The van der Waals surface area contributed by atoms with Crippen LogP contribution in [-0.4, -0.2) is 39.8 Å². The van der Waals surface area contributed by atoms with Gasteiger partial charge in [-0.05, 0) is 12.8 Å². The van der Waals surface area contributed by atoms with Crippen molar-refractivity contribution in [2.24, 2.45) is 0 Å². The molecule has 0 bridgehead atoms. The van der Waals surface area contributed by atoms with E-state index in [-0.39, 0.29) is 5.91 Å². The normalized spacial score (nSPS) is 15.5. The fraction of sp³-hybridized carbons (Fsp3) is 0.438. The summed E-state index contributed by atoms with van der Waals surface area (Å²) in [5.41, 5.74) is 1.07. The first-order valence-corrected chi connectivity index (χ1v) is 9.42. The molecule has 116 valence electrons. The Hall–Kier alpha value is -1.40. The molecule has 2 heterocycles. The minimum atomic E-state index is 0.225. The highest BCUT2D eigenvalue weighted by Crippen LogP contribution is 2.29. The molecule has 2 aromatic rings. The van der Waals surface area contributed by atoms with E-state index in [0.29, 0.717) is 5.75 Å². The van der Waals surface area contributed by atoms with Gasteiger partial charge in [0.2, 0.25) is 5.91 Å². The summed E-state index contributed by atoms with van der Waals surface area (Å²) in [7, 11) is 0. The minimum absolute atomic E-state index is 0.225. The standard InChI is InChI=1S/C16H19N3OS2/c20-14(19-10-6-1-2-7-11-19)12-21-16-18-17-15(22-16)13-8-4-3-5-9-13/h3-5,8-9H,1-2,6-7,10-12H2. The number of benzene rings is 1. The molecule has 22 heavy (non-hydrogen) atoms. The molecule has 3 rings (SSSR count). The topological polar surface area (TPSA) is 46.1 Å². The highest BCUT2D eigenvalue weighted by Gasteiger charge is 2.16. The Morgan fingerprint density at radius 3 is 2.55 bits per heavy atom. The maximum atomic E-state index is 12.3. The molecular formula is C16H19N3OS2. The predicted molar refractivity (Wildman–Crippen MR) is 91.1 cm³/mol. The molecule has 0 radical (unpaired) electrons. The Balaban J connectivity index is 1.55. The molecule has 0 N–H and O–H groups in total. The number of hydrogen-bond acceptors (Lipinski definition) is 5. The Morgan fingerprint density at radius 2 is 1.82 bits per heavy atom. The van der Waals surface area contributed by atoms with E-state index in [1.54, 1.807) is 11.3 Å². The molecular weight excluding hydrogens is 314 g/mol. The van der Waals surface area contributed by atoms with Crippen LogP contribution in [0.4, 0.5) is 0 Å². The number of rotatable bonds is 4. The number of aromatic nitrogens is 2. The van der Waals surface area contributed by atoms with Gasteiger partial charge in [-0.15, -0.1) is 10.2 Å². The van der Waals surface area contributed by atoms with Crippen LogP contribution in [0, 0.1) is 0 Å². The Bertz CT molecular complexity index is 607. The molecule has 1 amide bonds. The lowest BCUT2D eigenvalue weighted by Gasteiger charge is -2.19. The lowest BCUT2D eigenvalue weighted by atomic mass is 10.2. The van der Waals surface area contributed by atoms with Crippen molar-refractivity contribution in [2.75, 3.05) is 18.8 Å². The molecule has 1 fully saturated rings. The van der Waals surface area contributed by atoms with E-state index in [1.165, 1.54) is 24.6 Å². The largest absolute Gasteiger partial charge is 0.342 e. The zero-order valence-electron chi connectivity index (χ0n) is 12.4. The van der Waals surface area contributed by atoms with Crippen molar-refractivity contribution in [1.29, 1.82) is 0 Å². The maximum Gasteiger partial charge on any atom is 0.233 e. The zero-order chi connectivity index (χ0) is 15.2. The highest BCUT2D eigenvalue weighted by atomic mass is 32.2. The highest BCUT2D eigenvalue weighted by molar-refractivity contribution is 8.01. The van der Waals surface area contributed by atoms with Crippen LogP contribution in [-0.2, 0) is 4.79 Å². The van der Waals surface area contributed by atoms with Crippen LogP contribution >= 0.6 is 23.1 Å². The number of amides is 1. The van der Waals surface area contributed by atoms with Crippen LogP contribution < -0.4 is 0 Å². The summed E-state index contributed by atoms with van der Waals surface area (Å²) in [6, 6.07) is 10.0. The summed E-state index contributed by atoms with van der Waals surface area (Å²) in [6.45, 7) is 1.82. The van der Waals surface area contributed by atoms with Crippen LogP contribution in [0.5, 0.6) is 0 Å². The predicted octanol–water partition coefficient (Wildman–Crippen LogP) is 3.70. The average Bonchev–Trinajstić information content (AvgIpc) is 2.87. The van der Waals surface area contributed by atoms with Crippen molar-refractivity contribution in [3.63, 3.8) is 0 Å². The van der Waals surface area contributed by atoms with E-state index in [0.717, 1.165) is 40.8 Å². The second-order valence-electron chi connectivity index (χ2n) is 5.32. The molecule has 6 heteroatoms. The van der Waals surface area contributed by atoms with Gasteiger partial charge in [-0.25, -0.2) is 0 Å². The van der Waals surface area contributed by atoms with Crippen LogP contribution in [0.1, 0.15) is 25.7 Å². The summed E-state index contributed by atoms with van der Waals surface area (Å²) in [6.07, 6.45) is 4.75. The molecule has 1 aliphatic heterocycles. The second-order valence-corrected chi connectivity index (χ2v) is 7.52. The quantitative estimate of drug-likeness (QED) is 0.800. The summed E-state index contributed by atoms with van der Waals surface area (Å²) >= 11 is 3.05. The minimum Gasteiger partial charge on any atom is -0.342 e. The summed E-state index contributed by atoms with van der Waals surface area (Å²) in [5, 5.41) is 9.31. The van der Waals surface area contributed by atoms with Crippen molar-refractivity contribution in [3.8, 4) is 10.6 Å². The first kappa shape index (κ1) is 15.5. The first-order chi connectivity index (χ1) is 10.8. The van der Waals surface area contributed by atoms with E-state index < -0.39 is 0 Å². The van der Waals surface area contributed by atoms with E-state index in [1.807, 2.05) is 35.2 Å². The number of likely N-dealkylation sites (tertiary alicyclic amines) is 1. The van der Waals surface area contributed by atoms with Gasteiger partial charge in [-0.1, -0.05) is 66.3 Å². The van der Waals surface area contributed by atoms with Crippen molar-refractivity contribution in [2.45, 2.75) is 30.0 Å². The van der Waals surface area contributed by atoms with E-state index in [4.69, 9.17) is 0 Å². The molecule has 1 saturated heterocycles. The lowest BCUT2D eigenvalue weighted by Crippen LogP contribution is -2.33. The fourth-order valence-electron chi connectivity index (χ4n) is 2.50. The zero-order valence-corrected chi connectivity index (χ0v) is 14.0. The van der Waals surface area contributed by atoms with Crippen molar-refractivity contribution >= 4 is 29.0 Å². The van der Waals surface area contributed by atoms with E-state index in [2.05, 4.69) is 10.2 Å². The molecule has 1 aromatic heterocycles. The molecule has 1 aromatic carbocycles. The van der Waals surface area contributed by atoms with Gasteiger partial charge in [-0.3, -0.25) is 4.79 Å². The van der Waals surface area contributed by atoms with Crippen molar-refractivity contribution in [3.05, 3.63) is 30.3 Å². The maximum absolute atomic E-state index is 12.3. The monoisotopic (exact) mass is 333 g/mol. The fourth-order valence-corrected chi connectivity index (χ4v) is 4.26. The molecule has 4 nitrogen and oxygen atoms in total. The van der Waals surface area contributed by atoms with Gasteiger partial charge < -0.3 is 4.90 Å². The Kier molecular flexibility index (Phi) is 5.45. The smallest absolute Gasteiger partial charge is 0.233 e. The molecule has 0 unspecified atom stereocenters. The van der Waals surface area contributed by atoms with Crippen molar-refractivity contribution < 1.29 is 4.79 Å². The number of carbonyl (C=O) groups excluding carboxylic acids is 1. The summed E-state index contributed by atoms with van der Waals surface area (Å²) in [4.78, 5) is 14.3. The van der Waals surface area contributed by atoms with E-state index >= 15 is 0 Å². The van der Waals surface area contributed by atoms with Crippen molar-refractivity contribution in [1.82, 2.24) is 15.1 Å². The van der Waals surface area contributed by atoms with Gasteiger partial charge in [0.1, 0.15) is 5.01 Å². The molecule has 0 saturated carbocycles. The third-order valence-electron chi connectivity index (χ3n) is 3.71. The van der Waals surface area contributed by atoms with Crippen LogP contribution in [0.2, 0.25) is 0 Å². The Labute approximate surface area is 138 Å². The molecule has 0 aliphatic carbocycles. The third-order valence-corrected chi connectivity index (χ3v) is 5.80. The Morgan fingerprint density at radius 1 is 1.09 bits per heavy atom. The van der Waals surface area contributed by atoms with Crippen LogP contribution in [0.15, 0.2) is 34.7 Å². The third kappa shape index (κ3) is 4.08. The van der Waals surface area contributed by atoms with Gasteiger partial charge in [-0.2, -0.15) is 0 Å². The number of hydrogen-bond donors (Lipinski definition) is 0. The van der Waals surface area contributed by atoms with Gasteiger partial charge in [0.05, 0.1) is 5.75 Å². The van der Waals surface area contributed by atoms with Gasteiger partial charge in [0.15, 0.2) is 4.34 Å². The molecule has 0 spiro atoms. The second kappa shape index (κ2) is 7.74. The van der Waals surface area contributed by atoms with Gasteiger partial charge in [0, 0.05) is 18.7 Å². The van der Waals surface area contributed by atoms with Gasteiger partial charge >= 0.3 is 0 Å². The SMILES string of the molecule is O=C(CSc1nnc(-c2ccccc2)s1)N1CCCCCC1. The van der Waals surface area contributed by atoms with Crippen LogP contribution in [0.25, 0.3) is 10.6 Å². The molecule has 0 atom stereocenters. The number of thioether (sulfide) groups is 1. The van der Waals surface area contributed by atoms with Gasteiger partial charge in [0.25, 0.3) is 0 Å². The number of carbonyl (C=O) groups is 1.